The number of rotatable bonds is 4. The van der Waals surface area contributed by atoms with Gasteiger partial charge in [0.2, 0.25) is 0 Å². The van der Waals surface area contributed by atoms with E-state index in [4.69, 9.17) is 11.6 Å². The van der Waals surface area contributed by atoms with E-state index < -0.39 is 0 Å². The van der Waals surface area contributed by atoms with Gasteiger partial charge >= 0.3 is 0 Å². The summed E-state index contributed by atoms with van der Waals surface area (Å²) < 4.78 is 13.7. The van der Waals surface area contributed by atoms with Crippen molar-refractivity contribution in [2.75, 3.05) is 0 Å². The normalized spacial score (nSPS) is 18.5. The lowest BCUT2D eigenvalue weighted by atomic mass is 9.99. The van der Waals surface area contributed by atoms with Gasteiger partial charge in [0.1, 0.15) is 5.82 Å². The van der Waals surface area contributed by atoms with E-state index in [0.29, 0.717) is 18.2 Å². The predicted octanol–water partition coefficient (Wildman–Crippen LogP) is 4.15. The monoisotopic (exact) mass is 255 g/mol. The van der Waals surface area contributed by atoms with E-state index in [1.165, 1.54) is 25.7 Å². The molecule has 1 aliphatic carbocycles. The van der Waals surface area contributed by atoms with Gasteiger partial charge in [-0.1, -0.05) is 36.6 Å². The fourth-order valence-electron chi connectivity index (χ4n) is 2.58. The highest BCUT2D eigenvalue weighted by Crippen LogP contribution is 2.27. The minimum Gasteiger partial charge on any atom is -0.310 e. The first-order valence-corrected chi connectivity index (χ1v) is 6.72. The first-order chi connectivity index (χ1) is 8.18. The molecule has 3 heteroatoms. The van der Waals surface area contributed by atoms with E-state index in [9.17, 15) is 4.39 Å². The quantitative estimate of drug-likeness (QED) is 0.852. The molecule has 17 heavy (non-hydrogen) atoms. The lowest BCUT2D eigenvalue weighted by molar-refractivity contribution is 0.378. The Morgan fingerprint density at radius 2 is 2.12 bits per heavy atom. The molecule has 0 bridgehead atoms. The molecule has 1 aromatic carbocycles. The number of halogens is 2. The molecule has 0 spiro atoms. The molecule has 1 aliphatic rings. The molecular weight excluding hydrogens is 237 g/mol. The van der Waals surface area contributed by atoms with Gasteiger partial charge < -0.3 is 5.32 Å². The molecule has 0 amide bonds. The molecule has 0 unspecified atom stereocenters. The molecule has 1 saturated carbocycles. The summed E-state index contributed by atoms with van der Waals surface area (Å²) >= 11 is 5.75. The van der Waals surface area contributed by atoms with Gasteiger partial charge in [0, 0.05) is 18.2 Å². The maximum Gasteiger partial charge on any atom is 0.146 e. The van der Waals surface area contributed by atoms with Gasteiger partial charge in [0.25, 0.3) is 0 Å². The van der Waals surface area contributed by atoms with Crippen molar-refractivity contribution in [3.63, 3.8) is 0 Å². The summed E-state index contributed by atoms with van der Waals surface area (Å²) in [5.74, 6) is 0.456. The molecule has 0 aliphatic heterocycles. The second-order valence-corrected chi connectivity index (χ2v) is 5.33. The van der Waals surface area contributed by atoms with Crippen LogP contribution < -0.4 is 5.32 Å². The molecule has 1 N–H and O–H groups in total. The molecule has 1 fully saturated rings. The predicted molar refractivity (Wildman–Crippen MR) is 69.7 cm³/mol. The molecule has 0 saturated heterocycles. The lowest BCUT2D eigenvalue weighted by Crippen LogP contribution is -2.32. The third-order valence-corrected chi connectivity index (χ3v) is 4.04. The van der Waals surface area contributed by atoms with Gasteiger partial charge in [-0.2, -0.15) is 0 Å². The van der Waals surface area contributed by atoms with Crippen molar-refractivity contribution in [2.45, 2.75) is 45.2 Å². The van der Waals surface area contributed by atoms with Gasteiger partial charge in [-0.25, -0.2) is 4.39 Å². The van der Waals surface area contributed by atoms with Crippen molar-refractivity contribution in [1.82, 2.24) is 5.32 Å². The standard InChI is InChI=1S/C14H19ClFN/c1-10(11-5-2-3-6-11)17-9-12-7-4-8-13(15)14(12)16/h4,7-8,10-11,17H,2-3,5-6,9H2,1H3/t10-/m1/s1. The highest BCUT2D eigenvalue weighted by Gasteiger charge is 2.21. The van der Waals surface area contributed by atoms with Crippen molar-refractivity contribution in [3.8, 4) is 0 Å². The van der Waals surface area contributed by atoms with Gasteiger partial charge in [0.05, 0.1) is 5.02 Å². The third-order valence-electron chi connectivity index (χ3n) is 3.75. The SMILES string of the molecule is C[C@@H](NCc1cccc(Cl)c1F)C1CCCC1. The van der Waals surface area contributed by atoms with Crippen LogP contribution in [0.15, 0.2) is 18.2 Å². The highest BCUT2D eigenvalue weighted by molar-refractivity contribution is 6.30. The first kappa shape index (κ1) is 12.8. The van der Waals surface area contributed by atoms with E-state index in [-0.39, 0.29) is 10.8 Å². The average molecular weight is 256 g/mol. The van der Waals surface area contributed by atoms with E-state index in [1.54, 1.807) is 18.2 Å². The Morgan fingerprint density at radius 3 is 2.82 bits per heavy atom. The summed E-state index contributed by atoms with van der Waals surface area (Å²) in [6, 6.07) is 5.62. The van der Waals surface area contributed by atoms with Crippen molar-refractivity contribution in [1.29, 1.82) is 0 Å². The molecule has 2 rings (SSSR count). The maximum absolute atomic E-state index is 13.7. The van der Waals surface area contributed by atoms with E-state index in [1.807, 2.05) is 0 Å². The summed E-state index contributed by atoms with van der Waals surface area (Å²) in [6.07, 6.45) is 5.27. The van der Waals surface area contributed by atoms with Crippen LogP contribution in [0.3, 0.4) is 0 Å². The Hall–Kier alpha value is -0.600. The number of benzene rings is 1. The zero-order chi connectivity index (χ0) is 12.3. The molecule has 0 radical (unpaired) electrons. The number of hydrogen-bond donors (Lipinski definition) is 1. The van der Waals surface area contributed by atoms with Crippen molar-refractivity contribution in [2.24, 2.45) is 5.92 Å². The largest absolute Gasteiger partial charge is 0.310 e. The van der Waals surface area contributed by atoms with Gasteiger partial charge in [-0.15, -0.1) is 0 Å². The fraction of sp³-hybridized carbons (Fsp3) is 0.571. The Kier molecular flexibility index (Phi) is 4.41. The van der Waals surface area contributed by atoms with Gasteiger partial charge in [-0.3, -0.25) is 0 Å². The minimum atomic E-state index is -0.291. The Labute approximate surface area is 107 Å². The zero-order valence-corrected chi connectivity index (χ0v) is 10.9. The Morgan fingerprint density at radius 1 is 1.41 bits per heavy atom. The van der Waals surface area contributed by atoms with Crippen LogP contribution >= 0.6 is 11.6 Å². The van der Waals surface area contributed by atoms with E-state index in [2.05, 4.69) is 12.2 Å². The first-order valence-electron chi connectivity index (χ1n) is 6.34. The summed E-state index contributed by atoms with van der Waals surface area (Å²) in [7, 11) is 0. The number of nitrogens with one attached hydrogen (secondary N) is 1. The summed E-state index contributed by atoms with van der Waals surface area (Å²) in [5, 5.41) is 3.62. The van der Waals surface area contributed by atoms with Crippen LogP contribution in [0.2, 0.25) is 5.02 Å². The Bertz CT molecular complexity index is 374. The smallest absolute Gasteiger partial charge is 0.146 e. The molecule has 0 aromatic heterocycles. The van der Waals surface area contributed by atoms with Crippen LogP contribution in [-0.4, -0.2) is 6.04 Å². The lowest BCUT2D eigenvalue weighted by Gasteiger charge is -2.20. The van der Waals surface area contributed by atoms with Crippen LogP contribution in [0.5, 0.6) is 0 Å². The molecule has 0 heterocycles. The van der Waals surface area contributed by atoms with E-state index >= 15 is 0 Å². The average Bonchev–Trinajstić information content (AvgIpc) is 2.84. The second-order valence-electron chi connectivity index (χ2n) is 4.93. The third kappa shape index (κ3) is 3.20. The second kappa shape index (κ2) is 5.83. The topological polar surface area (TPSA) is 12.0 Å². The van der Waals surface area contributed by atoms with Gasteiger partial charge in [-0.05, 0) is 31.7 Å². The van der Waals surface area contributed by atoms with Crippen LogP contribution in [0, 0.1) is 11.7 Å². The Balaban J connectivity index is 1.90. The number of hydrogen-bond acceptors (Lipinski definition) is 1. The van der Waals surface area contributed by atoms with Crippen molar-refractivity contribution >= 4 is 11.6 Å². The van der Waals surface area contributed by atoms with Crippen molar-refractivity contribution < 1.29 is 4.39 Å². The van der Waals surface area contributed by atoms with Crippen LogP contribution in [0.25, 0.3) is 0 Å². The minimum absolute atomic E-state index is 0.206. The van der Waals surface area contributed by atoms with Crippen LogP contribution in [0.1, 0.15) is 38.2 Å². The van der Waals surface area contributed by atoms with Crippen LogP contribution in [0.4, 0.5) is 4.39 Å². The molecule has 1 nitrogen and oxygen atoms in total. The van der Waals surface area contributed by atoms with Crippen LogP contribution in [-0.2, 0) is 6.54 Å². The van der Waals surface area contributed by atoms with Gasteiger partial charge in [0.15, 0.2) is 0 Å². The molecular formula is C14H19ClFN. The molecule has 1 atom stereocenters. The fourth-order valence-corrected chi connectivity index (χ4v) is 2.77. The maximum atomic E-state index is 13.7. The van der Waals surface area contributed by atoms with Crippen molar-refractivity contribution in [3.05, 3.63) is 34.6 Å². The van der Waals surface area contributed by atoms with E-state index in [0.717, 1.165) is 5.92 Å². The molecule has 1 aromatic rings. The summed E-state index contributed by atoms with van der Waals surface area (Å²) in [6.45, 7) is 2.75. The summed E-state index contributed by atoms with van der Waals surface area (Å²) in [5.41, 5.74) is 0.655. The highest BCUT2D eigenvalue weighted by atomic mass is 35.5. The molecule has 94 valence electrons. The summed E-state index contributed by atoms with van der Waals surface area (Å²) in [4.78, 5) is 0. The zero-order valence-electron chi connectivity index (χ0n) is 10.2.